The Morgan fingerprint density at radius 2 is 2.07 bits per heavy atom. The van der Waals surface area contributed by atoms with Crippen LogP contribution in [-0.2, 0) is 9.53 Å². The number of thioether (sulfide) groups is 1. The van der Waals surface area contributed by atoms with Gasteiger partial charge in [-0.15, -0.1) is 0 Å². The molecule has 86 valence electrons. The van der Waals surface area contributed by atoms with E-state index in [1.54, 1.807) is 0 Å². The number of methoxy groups -OCH3 is 1. The summed E-state index contributed by atoms with van der Waals surface area (Å²) in [6.07, 6.45) is 0. The molecule has 0 fully saturated rings. The molecule has 0 spiro atoms. The first-order valence-corrected chi connectivity index (χ1v) is 5.85. The van der Waals surface area contributed by atoms with Crippen LogP contribution < -0.4 is 5.32 Å². The molecule has 0 unspecified atom stereocenters. The van der Waals surface area contributed by atoms with Gasteiger partial charge in [0.25, 0.3) is 0 Å². The fourth-order valence-electron chi connectivity index (χ4n) is 1.64. The second kappa shape index (κ2) is 4.14. The van der Waals surface area contributed by atoms with E-state index in [1.165, 1.54) is 18.9 Å². The molecule has 0 aromatic carbocycles. The summed E-state index contributed by atoms with van der Waals surface area (Å²) in [6.45, 7) is 8.15. The van der Waals surface area contributed by atoms with Gasteiger partial charge in [-0.05, 0) is 27.7 Å². The lowest BCUT2D eigenvalue weighted by atomic mass is 10.1. The maximum absolute atomic E-state index is 11.0. The summed E-state index contributed by atoms with van der Waals surface area (Å²) in [4.78, 5) is 15.6. The number of ether oxygens (including phenoxy) is 1. The number of nitrogens with zero attached hydrogens (tertiary/aromatic N) is 1. The molecule has 1 aliphatic rings. The van der Waals surface area contributed by atoms with Gasteiger partial charge in [0.05, 0.1) is 23.4 Å². The molecule has 0 atom stereocenters. The van der Waals surface area contributed by atoms with Crippen LogP contribution in [0.3, 0.4) is 0 Å². The minimum atomic E-state index is -0.248. The molecule has 15 heavy (non-hydrogen) atoms. The van der Waals surface area contributed by atoms with Crippen molar-refractivity contribution in [3.05, 3.63) is 0 Å². The van der Waals surface area contributed by atoms with Crippen molar-refractivity contribution in [2.45, 2.75) is 38.9 Å². The Morgan fingerprint density at radius 3 is 2.47 bits per heavy atom. The number of carbonyl (C=O) groups excluding carboxylic acids is 1. The lowest BCUT2D eigenvalue weighted by molar-refractivity contribution is -0.137. The van der Waals surface area contributed by atoms with Crippen LogP contribution in [0.1, 0.15) is 27.7 Å². The summed E-state index contributed by atoms with van der Waals surface area (Å²) in [5, 5.41) is 4.34. The predicted octanol–water partition coefficient (Wildman–Crippen LogP) is 1.41. The third-order valence-electron chi connectivity index (χ3n) is 2.09. The monoisotopic (exact) mass is 230 g/mol. The van der Waals surface area contributed by atoms with Crippen LogP contribution >= 0.6 is 11.8 Å². The van der Waals surface area contributed by atoms with Crippen LogP contribution in [0, 0.1) is 0 Å². The smallest absolute Gasteiger partial charge is 0.316 e. The average Bonchev–Trinajstić information content (AvgIpc) is 2.29. The standard InChI is InChI=1S/C10H18N2O2S/c1-9(2)8(11-10(3,4)12-9)15-6-7(13)14-5/h12H,6H2,1-5H3. The summed E-state index contributed by atoms with van der Waals surface area (Å²) in [5.74, 6) is 0.0967. The minimum Gasteiger partial charge on any atom is -0.468 e. The lowest BCUT2D eigenvalue weighted by Gasteiger charge is -2.24. The van der Waals surface area contributed by atoms with E-state index >= 15 is 0 Å². The van der Waals surface area contributed by atoms with E-state index < -0.39 is 0 Å². The number of nitrogens with one attached hydrogen (secondary N) is 1. The molecule has 4 nitrogen and oxygen atoms in total. The molecule has 0 radical (unpaired) electrons. The van der Waals surface area contributed by atoms with Crippen molar-refractivity contribution in [3.63, 3.8) is 0 Å². The van der Waals surface area contributed by atoms with Crippen LogP contribution in [0.15, 0.2) is 4.99 Å². The first-order valence-electron chi connectivity index (χ1n) is 4.86. The Hall–Kier alpha value is -0.550. The summed E-state index contributed by atoms with van der Waals surface area (Å²) in [6, 6.07) is 0. The molecular formula is C10H18N2O2S. The highest BCUT2D eigenvalue weighted by Gasteiger charge is 2.38. The van der Waals surface area contributed by atoms with Crippen LogP contribution in [0.4, 0.5) is 0 Å². The van der Waals surface area contributed by atoms with Crippen LogP contribution in [0.2, 0.25) is 0 Å². The number of hydrogen-bond acceptors (Lipinski definition) is 5. The summed E-state index contributed by atoms with van der Waals surface area (Å²) >= 11 is 1.44. The molecule has 1 heterocycles. The van der Waals surface area contributed by atoms with Crippen LogP contribution in [0.25, 0.3) is 0 Å². The molecule has 0 aromatic heterocycles. The Balaban J connectivity index is 2.64. The third-order valence-corrected chi connectivity index (χ3v) is 3.34. The molecule has 1 rings (SSSR count). The van der Waals surface area contributed by atoms with E-state index in [9.17, 15) is 4.79 Å². The zero-order valence-electron chi connectivity index (χ0n) is 9.88. The molecule has 1 N–H and O–H groups in total. The Bertz CT molecular complexity index is 298. The number of carbonyl (C=O) groups is 1. The van der Waals surface area contributed by atoms with Crippen molar-refractivity contribution in [2.24, 2.45) is 4.99 Å². The van der Waals surface area contributed by atoms with E-state index in [4.69, 9.17) is 0 Å². The zero-order chi connectivity index (χ0) is 11.7. The maximum Gasteiger partial charge on any atom is 0.316 e. The highest BCUT2D eigenvalue weighted by atomic mass is 32.2. The fourth-order valence-corrected chi connectivity index (χ4v) is 2.72. The van der Waals surface area contributed by atoms with E-state index in [1.807, 2.05) is 13.8 Å². The molecule has 5 heteroatoms. The van der Waals surface area contributed by atoms with Crippen LogP contribution in [0.5, 0.6) is 0 Å². The Kier molecular flexibility index (Phi) is 3.45. The summed E-state index contributed by atoms with van der Waals surface area (Å²) in [7, 11) is 1.40. The highest BCUT2D eigenvalue weighted by molar-refractivity contribution is 8.14. The van der Waals surface area contributed by atoms with Gasteiger partial charge in [0, 0.05) is 0 Å². The number of esters is 1. The lowest BCUT2D eigenvalue weighted by Crippen LogP contribution is -2.47. The van der Waals surface area contributed by atoms with Gasteiger partial charge in [-0.3, -0.25) is 15.1 Å². The highest BCUT2D eigenvalue weighted by Crippen LogP contribution is 2.28. The largest absolute Gasteiger partial charge is 0.468 e. The second-order valence-corrected chi connectivity index (χ2v) is 5.55. The van der Waals surface area contributed by atoms with E-state index in [0.29, 0.717) is 5.75 Å². The molecule has 0 bridgehead atoms. The van der Waals surface area contributed by atoms with Crippen molar-refractivity contribution < 1.29 is 9.53 Å². The normalized spacial score (nSPS) is 22.3. The van der Waals surface area contributed by atoms with Gasteiger partial charge in [-0.2, -0.15) is 0 Å². The van der Waals surface area contributed by atoms with Gasteiger partial charge in [-0.25, -0.2) is 0 Å². The molecule has 0 saturated heterocycles. The molecular weight excluding hydrogens is 212 g/mol. The summed E-state index contributed by atoms with van der Waals surface area (Å²) < 4.78 is 4.59. The first-order chi connectivity index (χ1) is 6.77. The third kappa shape index (κ3) is 3.21. The van der Waals surface area contributed by atoms with Gasteiger partial charge in [0.1, 0.15) is 5.66 Å². The average molecular weight is 230 g/mol. The number of hydrogen-bond donors (Lipinski definition) is 1. The topological polar surface area (TPSA) is 50.7 Å². The van der Waals surface area contributed by atoms with Gasteiger partial charge < -0.3 is 4.74 Å². The zero-order valence-corrected chi connectivity index (χ0v) is 10.7. The SMILES string of the molecule is COC(=O)CSC1=NC(C)(C)NC1(C)C. The Morgan fingerprint density at radius 1 is 1.47 bits per heavy atom. The van der Waals surface area contributed by atoms with Gasteiger partial charge in [0.2, 0.25) is 0 Å². The van der Waals surface area contributed by atoms with Crippen molar-refractivity contribution in [3.8, 4) is 0 Å². The number of rotatable bonds is 2. The van der Waals surface area contributed by atoms with Crippen molar-refractivity contribution >= 4 is 22.8 Å². The molecule has 0 saturated carbocycles. The molecule has 0 amide bonds. The number of aliphatic imine (C=N–C) groups is 1. The van der Waals surface area contributed by atoms with Crippen LogP contribution in [-0.4, -0.2) is 35.1 Å². The van der Waals surface area contributed by atoms with Crippen molar-refractivity contribution in [1.29, 1.82) is 0 Å². The summed E-state index contributed by atoms with van der Waals surface area (Å²) in [5.41, 5.74) is -0.413. The fraction of sp³-hybridized carbons (Fsp3) is 0.800. The molecule has 0 aliphatic carbocycles. The molecule has 1 aliphatic heterocycles. The predicted molar refractivity (Wildman–Crippen MR) is 63.2 cm³/mol. The first kappa shape index (κ1) is 12.5. The van der Waals surface area contributed by atoms with Gasteiger partial charge >= 0.3 is 5.97 Å². The quantitative estimate of drug-likeness (QED) is 0.729. The second-order valence-electron chi connectivity index (χ2n) is 4.59. The van der Waals surface area contributed by atoms with Gasteiger partial charge in [-0.1, -0.05) is 11.8 Å². The van der Waals surface area contributed by atoms with Crippen molar-refractivity contribution in [2.75, 3.05) is 12.9 Å². The van der Waals surface area contributed by atoms with E-state index in [2.05, 4.69) is 28.9 Å². The minimum absolute atomic E-state index is 0.164. The Labute approximate surface area is 94.9 Å². The maximum atomic E-state index is 11.0. The van der Waals surface area contributed by atoms with Gasteiger partial charge in [0.15, 0.2) is 0 Å². The van der Waals surface area contributed by atoms with E-state index in [0.717, 1.165) is 5.04 Å². The molecule has 0 aromatic rings. The van der Waals surface area contributed by atoms with Crippen molar-refractivity contribution in [1.82, 2.24) is 5.32 Å². The van der Waals surface area contributed by atoms with E-state index in [-0.39, 0.29) is 17.2 Å².